The van der Waals surface area contributed by atoms with E-state index in [-0.39, 0.29) is 11.9 Å². The Morgan fingerprint density at radius 1 is 1.40 bits per heavy atom. The molecule has 1 N–H and O–H groups in total. The van der Waals surface area contributed by atoms with Gasteiger partial charge in [-0.15, -0.1) is 0 Å². The zero-order valence-electron chi connectivity index (χ0n) is 12.7. The molecule has 1 fully saturated rings. The number of hydrogen-bond donors (Lipinski definition) is 1. The van der Waals surface area contributed by atoms with Gasteiger partial charge in [0.15, 0.2) is 0 Å². The second-order valence-corrected chi connectivity index (χ2v) is 5.50. The van der Waals surface area contributed by atoms with Crippen molar-refractivity contribution < 1.29 is 9.32 Å². The predicted molar refractivity (Wildman–Crippen MR) is 77.8 cm³/mol. The molecule has 2 heterocycles. The first-order chi connectivity index (χ1) is 9.65. The lowest BCUT2D eigenvalue weighted by Crippen LogP contribution is -2.45. The molecular weight excluding hydrogens is 254 g/mol. The van der Waals surface area contributed by atoms with E-state index >= 15 is 0 Å². The van der Waals surface area contributed by atoms with Crippen LogP contribution in [0.4, 0.5) is 0 Å². The van der Waals surface area contributed by atoms with Gasteiger partial charge in [0.05, 0.1) is 5.69 Å². The molecule has 1 aromatic rings. The van der Waals surface area contributed by atoms with Crippen LogP contribution in [0.1, 0.15) is 54.9 Å². The van der Waals surface area contributed by atoms with Gasteiger partial charge >= 0.3 is 0 Å². The van der Waals surface area contributed by atoms with Crippen molar-refractivity contribution in [3.63, 3.8) is 0 Å². The summed E-state index contributed by atoms with van der Waals surface area (Å²) in [5, 5.41) is 7.07. The average Bonchev–Trinajstić information content (AvgIpc) is 2.82. The Bertz CT molecular complexity index is 448. The van der Waals surface area contributed by atoms with E-state index in [4.69, 9.17) is 4.52 Å². The molecule has 1 aromatic heterocycles. The number of nitrogens with zero attached hydrogens (tertiary/aromatic N) is 2. The minimum absolute atomic E-state index is 0.0328. The highest BCUT2D eigenvalue weighted by atomic mass is 16.5. The molecule has 5 heteroatoms. The molecule has 2 rings (SSSR count). The van der Waals surface area contributed by atoms with E-state index in [0.717, 1.165) is 44.6 Å². The molecule has 1 aliphatic rings. The van der Waals surface area contributed by atoms with Crippen molar-refractivity contribution in [3.05, 3.63) is 17.0 Å². The number of rotatable bonds is 5. The molecule has 5 nitrogen and oxygen atoms in total. The number of amides is 1. The molecule has 0 aliphatic carbocycles. The van der Waals surface area contributed by atoms with Crippen molar-refractivity contribution in [3.8, 4) is 0 Å². The van der Waals surface area contributed by atoms with Crippen LogP contribution in [-0.2, 0) is 6.42 Å². The summed E-state index contributed by atoms with van der Waals surface area (Å²) < 4.78 is 5.13. The number of aromatic nitrogens is 1. The first-order valence-corrected chi connectivity index (χ1v) is 7.64. The number of carbonyl (C=O) groups is 1. The minimum atomic E-state index is -0.0328. The number of piperidine rings is 1. The fourth-order valence-electron chi connectivity index (χ4n) is 2.83. The van der Waals surface area contributed by atoms with Crippen LogP contribution in [0.25, 0.3) is 0 Å². The molecule has 1 aliphatic heterocycles. The van der Waals surface area contributed by atoms with Gasteiger partial charge in [-0.1, -0.05) is 19.0 Å². The Balaban J connectivity index is 1.91. The minimum Gasteiger partial charge on any atom is -0.361 e. The van der Waals surface area contributed by atoms with E-state index < -0.39 is 0 Å². The molecule has 1 saturated heterocycles. The summed E-state index contributed by atoms with van der Waals surface area (Å²) in [6, 6.07) is 0.273. The lowest BCUT2D eigenvalue weighted by Gasteiger charge is -2.32. The lowest BCUT2D eigenvalue weighted by molar-refractivity contribution is 0.0909. The summed E-state index contributed by atoms with van der Waals surface area (Å²) in [6.07, 6.45) is 3.96. The Morgan fingerprint density at radius 3 is 2.70 bits per heavy atom. The normalized spacial score (nSPS) is 17.4. The van der Waals surface area contributed by atoms with Crippen LogP contribution in [0.2, 0.25) is 0 Å². The SMILES string of the molecule is CCCN1CCC(NC(=O)c2c(CC)noc2C)CC1. The summed E-state index contributed by atoms with van der Waals surface area (Å²) >= 11 is 0. The van der Waals surface area contributed by atoms with Crippen LogP contribution in [0.15, 0.2) is 4.52 Å². The Hall–Kier alpha value is -1.36. The van der Waals surface area contributed by atoms with Crippen LogP contribution in [0.3, 0.4) is 0 Å². The maximum absolute atomic E-state index is 12.4. The second-order valence-electron chi connectivity index (χ2n) is 5.50. The third-order valence-electron chi connectivity index (χ3n) is 3.96. The van der Waals surface area contributed by atoms with E-state index in [1.54, 1.807) is 6.92 Å². The highest BCUT2D eigenvalue weighted by Gasteiger charge is 2.24. The van der Waals surface area contributed by atoms with Gasteiger partial charge in [0.1, 0.15) is 11.3 Å². The van der Waals surface area contributed by atoms with Gasteiger partial charge in [-0.3, -0.25) is 4.79 Å². The molecule has 0 unspecified atom stereocenters. The van der Waals surface area contributed by atoms with Crippen molar-refractivity contribution in [1.29, 1.82) is 0 Å². The van der Waals surface area contributed by atoms with E-state index in [0.29, 0.717) is 11.3 Å². The third-order valence-corrected chi connectivity index (χ3v) is 3.96. The Labute approximate surface area is 120 Å². The average molecular weight is 279 g/mol. The third kappa shape index (κ3) is 3.39. The van der Waals surface area contributed by atoms with Crippen molar-refractivity contribution in [2.75, 3.05) is 19.6 Å². The van der Waals surface area contributed by atoms with Crippen molar-refractivity contribution in [1.82, 2.24) is 15.4 Å². The van der Waals surface area contributed by atoms with E-state index in [2.05, 4.69) is 22.3 Å². The predicted octanol–water partition coefficient (Wildman–Crippen LogP) is 2.15. The molecule has 0 bridgehead atoms. The van der Waals surface area contributed by atoms with Gasteiger partial charge in [0.2, 0.25) is 0 Å². The smallest absolute Gasteiger partial charge is 0.257 e. The number of hydrogen-bond acceptors (Lipinski definition) is 4. The molecule has 20 heavy (non-hydrogen) atoms. The van der Waals surface area contributed by atoms with Crippen molar-refractivity contribution in [2.45, 2.75) is 52.5 Å². The van der Waals surface area contributed by atoms with E-state index in [9.17, 15) is 4.79 Å². The standard InChI is InChI=1S/C15H25N3O2/c1-4-8-18-9-6-12(7-10-18)16-15(19)14-11(3)20-17-13(14)5-2/h12H,4-10H2,1-3H3,(H,16,19). The van der Waals surface area contributed by atoms with Crippen LogP contribution in [0.5, 0.6) is 0 Å². The van der Waals surface area contributed by atoms with Crippen LogP contribution in [0, 0.1) is 6.92 Å². The Kier molecular flexibility index (Phi) is 5.17. The van der Waals surface area contributed by atoms with E-state index in [1.165, 1.54) is 6.42 Å². The molecule has 0 atom stereocenters. The number of aryl methyl sites for hydroxylation is 2. The fourth-order valence-corrected chi connectivity index (χ4v) is 2.83. The largest absolute Gasteiger partial charge is 0.361 e. The fraction of sp³-hybridized carbons (Fsp3) is 0.733. The van der Waals surface area contributed by atoms with Gasteiger partial charge in [-0.05, 0) is 39.2 Å². The molecule has 0 radical (unpaired) electrons. The summed E-state index contributed by atoms with van der Waals surface area (Å²) in [6.45, 7) is 9.28. The lowest BCUT2D eigenvalue weighted by atomic mass is 10.0. The first kappa shape index (κ1) is 15.0. The van der Waals surface area contributed by atoms with Crippen LogP contribution < -0.4 is 5.32 Å². The van der Waals surface area contributed by atoms with Gasteiger partial charge in [0, 0.05) is 19.1 Å². The molecule has 112 valence electrons. The topological polar surface area (TPSA) is 58.4 Å². The zero-order valence-corrected chi connectivity index (χ0v) is 12.7. The highest BCUT2D eigenvalue weighted by Crippen LogP contribution is 2.16. The molecular formula is C15H25N3O2. The van der Waals surface area contributed by atoms with Crippen LogP contribution in [-0.4, -0.2) is 41.6 Å². The second kappa shape index (κ2) is 6.88. The Morgan fingerprint density at radius 2 is 2.10 bits per heavy atom. The van der Waals surface area contributed by atoms with Gasteiger partial charge in [0.25, 0.3) is 5.91 Å². The zero-order chi connectivity index (χ0) is 14.5. The van der Waals surface area contributed by atoms with Crippen molar-refractivity contribution >= 4 is 5.91 Å². The molecule has 1 amide bonds. The molecule has 0 saturated carbocycles. The summed E-state index contributed by atoms with van der Waals surface area (Å²) in [7, 11) is 0. The van der Waals surface area contributed by atoms with Crippen LogP contribution >= 0.6 is 0 Å². The molecule has 0 aromatic carbocycles. The number of nitrogens with one attached hydrogen (secondary N) is 1. The summed E-state index contributed by atoms with van der Waals surface area (Å²) in [5.41, 5.74) is 1.38. The van der Waals surface area contributed by atoms with Gasteiger partial charge < -0.3 is 14.7 Å². The summed E-state index contributed by atoms with van der Waals surface area (Å²) in [4.78, 5) is 14.8. The van der Waals surface area contributed by atoms with Gasteiger partial charge in [-0.2, -0.15) is 0 Å². The summed E-state index contributed by atoms with van der Waals surface area (Å²) in [5.74, 6) is 0.581. The quantitative estimate of drug-likeness (QED) is 0.897. The number of carbonyl (C=O) groups excluding carboxylic acids is 1. The molecule has 0 spiro atoms. The monoisotopic (exact) mass is 279 g/mol. The van der Waals surface area contributed by atoms with E-state index in [1.807, 2.05) is 6.92 Å². The maximum Gasteiger partial charge on any atom is 0.257 e. The highest BCUT2D eigenvalue weighted by molar-refractivity contribution is 5.96. The maximum atomic E-state index is 12.4. The number of likely N-dealkylation sites (tertiary alicyclic amines) is 1. The van der Waals surface area contributed by atoms with Crippen molar-refractivity contribution in [2.24, 2.45) is 0 Å². The van der Waals surface area contributed by atoms with Gasteiger partial charge in [-0.25, -0.2) is 0 Å². The first-order valence-electron chi connectivity index (χ1n) is 7.64.